The maximum absolute atomic E-state index is 12.0. The summed E-state index contributed by atoms with van der Waals surface area (Å²) in [6.45, 7) is 2.34. The lowest BCUT2D eigenvalue weighted by Crippen LogP contribution is -2.56. The molecule has 3 N–H and O–H groups in total. The van der Waals surface area contributed by atoms with Crippen molar-refractivity contribution in [1.29, 1.82) is 0 Å². The van der Waals surface area contributed by atoms with Crippen LogP contribution in [0.3, 0.4) is 0 Å². The van der Waals surface area contributed by atoms with Gasteiger partial charge in [-0.25, -0.2) is 4.79 Å². The first kappa shape index (κ1) is 13.9. The van der Waals surface area contributed by atoms with E-state index in [4.69, 9.17) is 10.5 Å². The topological polar surface area (TPSA) is 64.3 Å². The number of carbonyl (C=O) groups excluding carboxylic acids is 1. The molecule has 0 aromatic carbocycles. The minimum absolute atomic E-state index is 0.213. The minimum atomic E-state index is -0.267. The molecule has 0 radical (unpaired) electrons. The van der Waals surface area contributed by atoms with E-state index in [1.165, 1.54) is 32.1 Å². The molecular weight excluding hydrogens is 252 g/mol. The van der Waals surface area contributed by atoms with Crippen molar-refractivity contribution in [2.45, 2.75) is 51.2 Å². The second-order valence-corrected chi connectivity index (χ2v) is 6.88. The molecule has 0 aromatic heterocycles. The predicted molar refractivity (Wildman–Crippen MR) is 78.1 cm³/mol. The zero-order chi connectivity index (χ0) is 14.1. The quantitative estimate of drug-likeness (QED) is 0.776. The van der Waals surface area contributed by atoms with E-state index in [1.807, 2.05) is 19.1 Å². The average molecular weight is 278 g/mol. The molecule has 1 atom stereocenters. The first-order valence-electron chi connectivity index (χ1n) is 7.99. The Labute approximate surface area is 121 Å². The lowest BCUT2D eigenvalue weighted by Gasteiger charge is -2.54. The highest BCUT2D eigenvalue weighted by molar-refractivity contribution is 5.68. The van der Waals surface area contributed by atoms with Crippen molar-refractivity contribution in [1.82, 2.24) is 5.32 Å². The highest BCUT2D eigenvalue weighted by atomic mass is 16.6. The molecule has 112 valence electrons. The number of amides is 1. The molecule has 0 unspecified atom stereocenters. The van der Waals surface area contributed by atoms with Crippen LogP contribution in [0.2, 0.25) is 0 Å². The van der Waals surface area contributed by atoms with Crippen molar-refractivity contribution in [2.75, 3.05) is 6.54 Å². The summed E-state index contributed by atoms with van der Waals surface area (Å²) in [5, 5.41) is 3.14. The molecule has 4 fully saturated rings. The summed E-state index contributed by atoms with van der Waals surface area (Å²) in [6.07, 6.45) is 9.83. The van der Waals surface area contributed by atoms with Crippen molar-refractivity contribution >= 4 is 6.09 Å². The van der Waals surface area contributed by atoms with Gasteiger partial charge in [0.1, 0.15) is 6.10 Å². The Hall–Kier alpha value is -1.03. The average Bonchev–Trinajstić information content (AvgIpc) is 2.39. The van der Waals surface area contributed by atoms with Crippen molar-refractivity contribution in [2.24, 2.45) is 29.4 Å². The van der Waals surface area contributed by atoms with Crippen molar-refractivity contribution in [3.05, 3.63) is 12.2 Å². The highest BCUT2D eigenvalue weighted by Crippen LogP contribution is 2.53. The van der Waals surface area contributed by atoms with Crippen LogP contribution in [0.4, 0.5) is 4.79 Å². The van der Waals surface area contributed by atoms with E-state index >= 15 is 0 Å². The van der Waals surface area contributed by atoms with Crippen LogP contribution in [-0.4, -0.2) is 24.8 Å². The van der Waals surface area contributed by atoms with Gasteiger partial charge in [0, 0.05) is 12.6 Å². The van der Waals surface area contributed by atoms with Gasteiger partial charge in [0.25, 0.3) is 0 Å². The molecule has 4 nitrogen and oxygen atoms in total. The van der Waals surface area contributed by atoms with Crippen LogP contribution in [0.5, 0.6) is 0 Å². The van der Waals surface area contributed by atoms with E-state index in [1.54, 1.807) is 0 Å². The standard InChI is InChI=1S/C16H26N2O2/c1-10(3-2-4-17)20-16(19)18-15-13-6-11-5-12(8-13)9-14(15)7-11/h2-3,10-15H,4-9,17H2,1H3,(H,18,19)/b3-2+/t10-,11?,12?,13?,14?,15?/m1/s1. The number of hydrogen-bond donors (Lipinski definition) is 2. The van der Waals surface area contributed by atoms with Crippen LogP contribution >= 0.6 is 0 Å². The molecule has 4 heteroatoms. The molecule has 0 spiro atoms. The van der Waals surface area contributed by atoms with Crippen LogP contribution in [0.15, 0.2) is 12.2 Å². The third kappa shape index (κ3) is 2.85. The smallest absolute Gasteiger partial charge is 0.407 e. The normalized spacial score (nSPS) is 40.0. The van der Waals surface area contributed by atoms with Gasteiger partial charge in [-0.2, -0.15) is 0 Å². The summed E-state index contributed by atoms with van der Waals surface area (Å²) in [6, 6.07) is 0.348. The van der Waals surface area contributed by atoms with Gasteiger partial charge >= 0.3 is 6.09 Å². The molecule has 0 aliphatic heterocycles. The maximum Gasteiger partial charge on any atom is 0.407 e. The van der Waals surface area contributed by atoms with Gasteiger partial charge in [-0.3, -0.25) is 0 Å². The van der Waals surface area contributed by atoms with E-state index in [-0.39, 0.29) is 12.2 Å². The fraction of sp³-hybridized carbons (Fsp3) is 0.812. The maximum atomic E-state index is 12.0. The molecule has 4 rings (SSSR count). The van der Waals surface area contributed by atoms with Crippen molar-refractivity contribution in [3.8, 4) is 0 Å². The molecule has 4 aliphatic rings. The van der Waals surface area contributed by atoms with E-state index in [9.17, 15) is 4.79 Å². The lowest BCUT2D eigenvalue weighted by atomic mass is 9.54. The Kier molecular flexibility index (Phi) is 4.01. The molecule has 4 aliphatic carbocycles. The third-order valence-corrected chi connectivity index (χ3v) is 5.35. The molecule has 1 amide bonds. The van der Waals surface area contributed by atoms with Gasteiger partial charge in [0.2, 0.25) is 0 Å². The van der Waals surface area contributed by atoms with E-state index in [2.05, 4.69) is 5.32 Å². The second-order valence-electron chi connectivity index (χ2n) is 6.88. The van der Waals surface area contributed by atoms with Crippen LogP contribution in [-0.2, 0) is 4.74 Å². The summed E-state index contributed by atoms with van der Waals surface area (Å²) in [7, 11) is 0. The Morgan fingerprint density at radius 3 is 2.40 bits per heavy atom. The molecule has 0 aromatic rings. The van der Waals surface area contributed by atoms with Gasteiger partial charge in [-0.05, 0) is 68.8 Å². The summed E-state index contributed by atoms with van der Waals surface area (Å²) < 4.78 is 5.37. The third-order valence-electron chi connectivity index (χ3n) is 5.35. The number of hydrogen-bond acceptors (Lipinski definition) is 3. The first-order chi connectivity index (χ1) is 9.65. The summed E-state index contributed by atoms with van der Waals surface area (Å²) in [5.74, 6) is 3.23. The molecule has 0 heterocycles. The number of nitrogens with two attached hydrogens (primary N) is 1. The van der Waals surface area contributed by atoms with E-state index in [0.29, 0.717) is 24.4 Å². The number of ether oxygens (including phenoxy) is 1. The van der Waals surface area contributed by atoms with Crippen LogP contribution in [0.25, 0.3) is 0 Å². The Morgan fingerprint density at radius 1 is 1.25 bits per heavy atom. The number of alkyl carbamates (subject to hydrolysis) is 1. The zero-order valence-electron chi connectivity index (χ0n) is 12.3. The van der Waals surface area contributed by atoms with Crippen molar-refractivity contribution < 1.29 is 9.53 Å². The number of carbonyl (C=O) groups is 1. The predicted octanol–water partition coefficient (Wildman–Crippen LogP) is 2.44. The van der Waals surface area contributed by atoms with Gasteiger partial charge < -0.3 is 15.8 Å². The fourth-order valence-corrected chi connectivity index (χ4v) is 4.81. The largest absolute Gasteiger partial charge is 0.442 e. The second kappa shape index (κ2) is 5.76. The van der Waals surface area contributed by atoms with Gasteiger partial charge in [-0.15, -0.1) is 0 Å². The van der Waals surface area contributed by atoms with Crippen molar-refractivity contribution in [3.63, 3.8) is 0 Å². The molecule has 20 heavy (non-hydrogen) atoms. The number of rotatable bonds is 4. The Morgan fingerprint density at radius 2 is 1.85 bits per heavy atom. The van der Waals surface area contributed by atoms with E-state index < -0.39 is 0 Å². The lowest BCUT2D eigenvalue weighted by molar-refractivity contribution is -0.0145. The SMILES string of the molecule is C[C@H](/C=C/CN)OC(=O)NC1C2CC3CC(C2)CC1C3. The molecule has 4 saturated carbocycles. The summed E-state index contributed by atoms with van der Waals surface area (Å²) >= 11 is 0. The first-order valence-corrected chi connectivity index (χ1v) is 7.99. The zero-order valence-corrected chi connectivity index (χ0v) is 12.3. The van der Waals surface area contributed by atoms with Crippen LogP contribution in [0, 0.1) is 23.7 Å². The van der Waals surface area contributed by atoms with Gasteiger partial charge in [-0.1, -0.05) is 6.08 Å². The fourth-order valence-electron chi connectivity index (χ4n) is 4.81. The highest BCUT2D eigenvalue weighted by Gasteiger charge is 2.48. The molecular formula is C16H26N2O2. The van der Waals surface area contributed by atoms with E-state index in [0.717, 1.165) is 11.8 Å². The minimum Gasteiger partial charge on any atom is -0.442 e. The van der Waals surface area contributed by atoms with Crippen LogP contribution < -0.4 is 11.1 Å². The Bertz CT molecular complexity index is 366. The monoisotopic (exact) mass is 278 g/mol. The van der Waals surface area contributed by atoms with Crippen LogP contribution in [0.1, 0.15) is 39.0 Å². The summed E-state index contributed by atoms with van der Waals surface area (Å²) in [5.41, 5.74) is 5.39. The molecule has 4 bridgehead atoms. The van der Waals surface area contributed by atoms with Gasteiger partial charge in [0.15, 0.2) is 0 Å². The number of nitrogens with one attached hydrogen (secondary N) is 1. The summed E-state index contributed by atoms with van der Waals surface area (Å²) in [4.78, 5) is 12.0. The Balaban J connectivity index is 1.53. The molecule has 0 saturated heterocycles. The van der Waals surface area contributed by atoms with Gasteiger partial charge in [0.05, 0.1) is 0 Å².